The highest BCUT2D eigenvalue weighted by Gasteiger charge is 2.32. The summed E-state index contributed by atoms with van der Waals surface area (Å²) >= 11 is 0. The zero-order valence-electron chi connectivity index (χ0n) is 10.4. The molecule has 3 heteroatoms. The largest absolute Gasteiger partial charge is 0.311 e. The standard InChI is InChI=1S/C14H19N3/c1-3-12-11(8-10(2)15-12)13-9-17-7-5-4-6-14(17)16-13/h4-7,9-12,15H,3,8H2,1-2H3. The Bertz CT molecular complexity index is 484. The molecule has 0 radical (unpaired) electrons. The van der Waals surface area contributed by atoms with Gasteiger partial charge in [0.1, 0.15) is 5.65 Å². The van der Waals surface area contributed by atoms with Crippen LogP contribution in [0.15, 0.2) is 30.6 Å². The monoisotopic (exact) mass is 229 g/mol. The van der Waals surface area contributed by atoms with Crippen molar-refractivity contribution in [1.82, 2.24) is 14.7 Å². The summed E-state index contributed by atoms with van der Waals surface area (Å²) in [5.41, 5.74) is 2.29. The number of aromatic nitrogens is 2. The van der Waals surface area contributed by atoms with Crippen LogP contribution in [0, 0.1) is 0 Å². The number of pyridine rings is 1. The predicted octanol–water partition coefficient (Wildman–Crippen LogP) is 2.58. The Morgan fingerprint density at radius 3 is 3.12 bits per heavy atom. The first-order chi connectivity index (χ1) is 8.28. The number of nitrogens with zero attached hydrogens (tertiary/aromatic N) is 2. The van der Waals surface area contributed by atoms with E-state index in [2.05, 4.69) is 42.0 Å². The summed E-state index contributed by atoms with van der Waals surface area (Å²) in [5, 5.41) is 3.65. The van der Waals surface area contributed by atoms with E-state index in [0.717, 1.165) is 5.65 Å². The quantitative estimate of drug-likeness (QED) is 0.857. The number of hydrogen-bond donors (Lipinski definition) is 1. The summed E-state index contributed by atoms with van der Waals surface area (Å²) in [6.07, 6.45) is 6.62. The second-order valence-electron chi connectivity index (χ2n) is 5.06. The molecule has 1 aliphatic rings. The minimum absolute atomic E-state index is 0.565. The van der Waals surface area contributed by atoms with Crippen molar-refractivity contribution in [3.63, 3.8) is 0 Å². The molecule has 0 amide bonds. The van der Waals surface area contributed by atoms with Crippen molar-refractivity contribution in [2.75, 3.05) is 0 Å². The van der Waals surface area contributed by atoms with Gasteiger partial charge in [0.2, 0.25) is 0 Å². The fraction of sp³-hybridized carbons (Fsp3) is 0.500. The summed E-state index contributed by atoms with van der Waals surface area (Å²) in [5.74, 6) is 0.565. The summed E-state index contributed by atoms with van der Waals surface area (Å²) in [6.45, 7) is 4.51. The molecule has 3 heterocycles. The van der Waals surface area contributed by atoms with E-state index in [4.69, 9.17) is 4.98 Å². The molecule has 17 heavy (non-hydrogen) atoms. The van der Waals surface area contributed by atoms with Gasteiger partial charge in [-0.15, -0.1) is 0 Å². The Balaban J connectivity index is 1.97. The number of fused-ring (bicyclic) bond motifs is 1. The number of rotatable bonds is 2. The van der Waals surface area contributed by atoms with E-state index in [9.17, 15) is 0 Å². The van der Waals surface area contributed by atoms with Crippen LogP contribution in [0.4, 0.5) is 0 Å². The lowest BCUT2D eigenvalue weighted by Crippen LogP contribution is -2.28. The lowest BCUT2D eigenvalue weighted by molar-refractivity contribution is 0.512. The summed E-state index contributed by atoms with van der Waals surface area (Å²) in [6, 6.07) is 7.34. The summed E-state index contributed by atoms with van der Waals surface area (Å²) < 4.78 is 2.12. The molecule has 0 aromatic carbocycles. The first-order valence-corrected chi connectivity index (χ1v) is 6.47. The molecular formula is C14H19N3. The molecule has 2 aromatic heterocycles. The molecule has 1 fully saturated rings. The second kappa shape index (κ2) is 4.15. The van der Waals surface area contributed by atoms with Gasteiger partial charge in [0.05, 0.1) is 5.69 Å². The van der Waals surface area contributed by atoms with E-state index < -0.39 is 0 Å². The highest BCUT2D eigenvalue weighted by atomic mass is 15.0. The molecular weight excluding hydrogens is 210 g/mol. The first-order valence-electron chi connectivity index (χ1n) is 6.47. The van der Waals surface area contributed by atoms with Gasteiger partial charge in [0.15, 0.2) is 0 Å². The van der Waals surface area contributed by atoms with E-state index in [1.54, 1.807) is 0 Å². The molecule has 90 valence electrons. The third-order valence-corrected chi connectivity index (χ3v) is 3.79. The van der Waals surface area contributed by atoms with Crippen molar-refractivity contribution in [3.05, 3.63) is 36.3 Å². The Morgan fingerprint density at radius 2 is 2.35 bits per heavy atom. The smallest absolute Gasteiger partial charge is 0.136 e. The van der Waals surface area contributed by atoms with Crippen molar-refractivity contribution in [1.29, 1.82) is 0 Å². The van der Waals surface area contributed by atoms with Crippen LogP contribution in [0.2, 0.25) is 0 Å². The van der Waals surface area contributed by atoms with Gasteiger partial charge in [-0.3, -0.25) is 0 Å². The van der Waals surface area contributed by atoms with Crippen LogP contribution in [0.3, 0.4) is 0 Å². The fourth-order valence-electron chi connectivity index (χ4n) is 2.96. The fourth-order valence-corrected chi connectivity index (χ4v) is 2.96. The molecule has 3 nitrogen and oxygen atoms in total. The molecule has 1 saturated heterocycles. The molecule has 3 atom stereocenters. The SMILES string of the molecule is CCC1NC(C)CC1c1cn2ccccc2n1. The number of nitrogens with one attached hydrogen (secondary N) is 1. The van der Waals surface area contributed by atoms with Gasteiger partial charge in [-0.2, -0.15) is 0 Å². The average Bonchev–Trinajstić information content (AvgIpc) is 2.91. The van der Waals surface area contributed by atoms with Crippen LogP contribution in [0.5, 0.6) is 0 Å². The van der Waals surface area contributed by atoms with Gasteiger partial charge < -0.3 is 9.72 Å². The lowest BCUT2D eigenvalue weighted by Gasteiger charge is -2.15. The molecule has 0 spiro atoms. The van der Waals surface area contributed by atoms with Gasteiger partial charge >= 0.3 is 0 Å². The van der Waals surface area contributed by atoms with Crippen molar-refractivity contribution in [2.45, 2.75) is 44.7 Å². The topological polar surface area (TPSA) is 29.3 Å². The maximum Gasteiger partial charge on any atom is 0.136 e. The molecule has 0 saturated carbocycles. The molecule has 3 unspecified atom stereocenters. The zero-order valence-corrected chi connectivity index (χ0v) is 10.4. The van der Waals surface area contributed by atoms with Crippen molar-refractivity contribution in [2.24, 2.45) is 0 Å². The number of imidazole rings is 1. The van der Waals surface area contributed by atoms with Gasteiger partial charge in [-0.05, 0) is 31.9 Å². The highest BCUT2D eigenvalue weighted by Crippen LogP contribution is 2.31. The third kappa shape index (κ3) is 1.84. The molecule has 3 rings (SSSR count). The maximum absolute atomic E-state index is 4.75. The van der Waals surface area contributed by atoms with Crippen molar-refractivity contribution >= 4 is 5.65 Å². The van der Waals surface area contributed by atoms with E-state index in [1.807, 2.05) is 12.1 Å². The van der Waals surface area contributed by atoms with Crippen molar-refractivity contribution < 1.29 is 0 Å². The summed E-state index contributed by atoms with van der Waals surface area (Å²) in [4.78, 5) is 4.75. The molecule has 0 aliphatic carbocycles. The molecule has 1 N–H and O–H groups in total. The average molecular weight is 229 g/mol. The maximum atomic E-state index is 4.75. The van der Waals surface area contributed by atoms with E-state index in [1.165, 1.54) is 18.5 Å². The van der Waals surface area contributed by atoms with Gasteiger partial charge in [-0.25, -0.2) is 4.98 Å². The Kier molecular flexibility index (Phi) is 2.63. The summed E-state index contributed by atoms with van der Waals surface area (Å²) in [7, 11) is 0. The molecule has 1 aliphatic heterocycles. The lowest BCUT2D eigenvalue weighted by atomic mass is 9.94. The highest BCUT2D eigenvalue weighted by molar-refractivity contribution is 5.40. The number of hydrogen-bond acceptors (Lipinski definition) is 2. The van der Waals surface area contributed by atoms with Crippen LogP contribution in [0.25, 0.3) is 5.65 Å². The first kappa shape index (κ1) is 10.8. The van der Waals surface area contributed by atoms with Gasteiger partial charge in [0, 0.05) is 30.4 Å². The zero-order chi connectivity index (χ0) is 11.8. The van der Waals surface area contributed by atoms with Crippen LogP contribution in [-0.2, 0) is 0 Å². The van der Waals surface area contributed by atoms with Crippen LogP contribution in [-0.4, -0.2) is 21.5 Å². The van der Waals surface area contributed by atoms with E-state index in [0.29, 0.717) is 18.0 Å². The van der Waals surface area contributed by atoms with E-state index >= 15 is 0 Å². The normalized spacial score (nSPS) is 28.9. The van der Waals surface area contributed by atoms with Crippen LogP contribution in [0.1, 0.15) is 38.3 Å². The third-order valence-electron chi connectivity index (χ3n) is 3.79. The second-order valence-corrected chi connectivity index (χ2v) is 5.06. The van der Waals surface area contributed by atoms with Gasteiger partial charge in [-0.1, -0.05) is 13.0 Å². The minimum Gasteiger partial charge on any atom is -0.311 e. The van der Waals surface area contributed by atoms with Crippen LogP contribution < -0.4 is 5.32 Å². The Labute approximate surface area is 102 Å². The van der Waals surface area contributed by atoms with E-state index in [-0.39, 0.29) is 0 Å². The minimum atomic E-state index is 0.565. The molecule has 2 aromatic rings. The van der Waals surface area contributed by atoms with Crippen LogP contribution >= 0.6 is 0 Å². The Morgan fingerprint density at radius 1 is 1.47 bits per heavy atom. The Hall–Kier alpha value is -1.35. The molecule has 0 bridgehead atoms. The van der Waals surface area contributed by atoms with Gasteiger partial charge in [0.25, 0.3) is 0 Å². The van der Waals surface area contributed by atoms with Crippen molar-refractivity contribution in [3.8, 4) is 0 Å². The predicted molar refractivity (Wildman–Crippen MR) is 69.2 cm³/mol.